The molecule has 24 heavy (non-hydrogen) atoms. The summed E-state index contributed by atoms with van der Waals surface area (Å²) in [5.41, 5.74) is -0.993. The standard InChI is InChI=1S/C14H10ClF3N2O3S/c1-7-4-11(12(13(21)22)19-6-7)20-24(23)8-2-3-10(15)9(5-8)14(16,17)18/h2-6,20H,1H3,(H,21,22). The molecule has 0 saturated carbocycles. The van der Waals surface area contributed by atoms with Crippen LogP contribution in [0.4, 0.5) is 18.9 Å². The minimum Gasteiger partial charge on any atom is -0.588 e. The number of aryl methyl sites for hydroxylation is 1. The Bertz CT molecular complexity index is 786. The summed E-state index contributed by atoms with van der Waals surface area (Å²) in [5.74, 6) is -1.36. The van der Waals surface area contributed by atoms with Crippen molar-refractivity contribution in [3.63, 3.8) is 0 Å². The lowest BCUT2D eigenvalue weighted by Gasteiger charge is -2.15. The third kappa shape index (κ3) is 4.11. The third-order valence-corrected chi connectivity index (χ3v) is 4.30. The highest BCUT2D eigenvalue weighted by Gasteiger charge is 2.35. The van der Waals surface area contributed by atoms with Crippen LogP contribution in [0.2, 0.25) is 5.02 Å². The van der Waals surface area contributed by atoms with Gasteiger partial charge in [0.2, 0.25) is 0 Å². The van der Waals surface area contributed by atoms with Crippen LogP contribution >= 0.6 is 11.6 Å². The van der Waals surface area contributed by atoms with E-state index in [1.54, 1.807) is 6.92 Å². The molecule has 2 rings (SSSR count). The zero-order valence-corrected chi connectivity index (χ0v) is 13.6. The average Bonchev–Trinajstić information content (AvgIpc) is 2.46. The first kappa shape index (κ1) is 18.4. The predicted octanol–water partition coefficient (Wildman–Crippen LogP) is 3.90. The second-order valence-electron chi connectivity index (χ2n) is 4.72. The zero-order valence-electron chi connectivity index (χ0n) is 12.0. The van der Waals surface area contributed by atoms with Gasteiger partial charge in [-0.25, -0.2) is 14.5 Å². The van der Waals surface area contributed by atoms with Crippen molar-refractivity contribution in [3.05, 3.63) is 52.3 Å². The summed E-state index contributed by atoms with van der Waals surface area (Å²) in [5, 5.41) is 8.54. The molecule has 1 unspecified atom stereocenters. The van der Waals surface area contributed by atoms with E-state index in [2.05, 4.69) is 9.71 Å². The van der Waals surface area contributed by atoms with Crippen LogP contribution in [0, 0.1) is 6.92 Å². The molecule has 2 N–H and O–H groups in total. The maximum Gasteiger partial charge on any atom is 0.418 e. The molecule has 128 valence electrons. The first-order valence-corrected chi connectivity index (χ1v) is 7.87. The van der Waals surface area contributed by atoms with Crippen LogP contribution in [0.15, 0.2) is 35.4 Å². The molecule has 0 spiro atoms. The summed E-state index contributed by atoms with van der Waals surface area (Å²) in [7, 11) is 0. The molecule has 5 nitrogen and oxygen atoms in total. The fourth-order valence-electron chi connectivity index (χ4n) is 1.81. The molecule has 0 radical (unpaired) electrons. The molecule has 0 saturated heterocycles. The van der Waals surface area contributed by atoms with Gasteiger partial charge in [-0.3, -0.25) is 0 Å². The van der Waals surface area contributed by atoms with Gasteiger partial charge in [0.1, 0.15) is 17.0 Å². The van der Waals surface area contributed by atoms with E-state index in [9.17, 15) is 22.5 Å². The first-order valence-electron chi connectivity index (χ1n) is 6.34. The van der Waals surface area contributed by atoms with Gasteiger partial charge in [-0.15, -0.1) is 0 Å². The van der Waals surface area contributed by atoms with Gasteiger partial charge in [-0.05, 0) is 30.7 Å². The molecule has 1 heterocycles. The Labute approximate surface area is 142 Å². The molecule has 0 aliphatic heterocycles. The Hall–Kier alpha value is -1.97. The maximum absolute atomic E-state index is 12.9. The maximum atomic E-state index is 12.9. The number of aromatic nitrogens is 1. The lowest BCUT2D eigenvalue weighted by molar-refractivity contribution is -0.137. The lowest BCUT2D eigenvalue weighted by Crippen LogP contribution is -2.17. The number of nitrogens with one attached hydrogen (secondary N) is 1. The summed E-state index contributed by atoms with van der Waals surface area (Å²) in [6.45, 7) is 1.64. The topological polar surface area (TPSA) is 85.3 Å². The van der Waals surface area contributed by atoms with Crippen molar-refractivity contribution in [3.8, 4) is 0 Å². The van der Waals surface area contributed by atoms with E-state index >= 15 is 0 Å². The van der Waals surface area contributed by atoms with Crippen molar-refractivity contribution in [1.82, 2.24) is 4.98 Å². The molecular weight excluding hydrogens is 369 g/mol. The van der Waals surface area contributed by atoms with Crippen molar-refractivity contribution in [2.24, 2.45) is 0 Å². The molecular formula is C14H10ClF3N2O3S. The fourth-order valence-corrected chi connectivity index (χ4v) is 2.93. The summed E-state index contributed by atoms with van der Waals surface area (Å²) in [4.78, 5) is 14.6. The molecule has 0 aliphatic carbocycles. The molecule has 0 bridgehead atoms. The van der Waals surface area contributed by atoms with Crippen molar-refractivity contribution in [2.45, 2.75) is 18.0 Å². The first-order chi connectivity index (χ1) is 11.1. The number of hydrogen-bond acceptors (Lipinski definition) is 4. The van der Waals surface area contributed by atoms with Gasteiger partial charge in [0.05, 0.1) is 10.6 Å². The largest absolute Gasteiger partial charge is 0.588 e. The summed E-state index contributed by atoms with van der Waals surface area (Å²) < 4.78 is 53.2. The Balaban J connectivity index is 2.36. The number of rotatable bonds is 4. The highest BCUT2D eigenvalue weighted by atomic mass is 35.5. The predicted molar refractivity (Wildman–Crippen MR) is 82.4 cm³/mol. The second kappa shape index (κ2) is 6.88. The number of carbonyl (C=O) groups is 1. The van der Waals surface area contributed by atoms with Crippen LogP contribution in [0.1, 0.15) is 21.6 Å². The fraction of sp³-hybridized carbons (Fsp3) is 0.143. The van der Waals surface area contributed by atoms with Crippen molar-refractivity contribution >= 4 is 34.6 Å². The number of hydrogen-bond donors (Lipinski definition) is 2. The molecule has 0 amide bonds. The van der Waals surface area contributed by atoms with Crippen molar-refractivity contribution in [2.75, 3.05) is 4.72 Å². The Kier molecular flexibility index (Phi) is 5.26. The van der Waals surface area contributed by atoms with E-state index in [-0.39, 0.29) is 16.3 Å². The van der Waals surface area contributed by atoms with Crippen LogP contribution in [-0.4, -0.2) is 20.6 Å². The van der Waals surface area contributed by atoms with Crippen LogP contribution in [0.25, 0.3) is 0 Å². The van der Waals surface area contributed by atoms with E-state index in [0.717, 1.165) is 12.1 Å². The van der Waals surface area contributed by atoms with Gasteiger partial charge in [-0.2, -0.15) is 13.2 Å². The number of pyridine rings is 1. The summed E-state index contributed by atoms with van der Waals surface area (Å²) >= 11 is 3.37. The molecule has 1 aromatic heterocycles. The zero-order chi connectivity index (χ0) is 18.1. The van der Waals surface area contributed by atoms with E-state index in [1.165, 1.54) is 12.3 Å². The van der Waals surface area contributed by atoms with Gasteiger partial charge < -0.3 is 9.66 Å². The van der Waals surface area contributed by atoms with Gasteiger partial charge >= 0.3 is 12.1 Å². The molecule has 1 aromatic carbocycles. The molecule has 2 aromatic rings. The third-order valence-electron chi connectivity index (χ3n) is 2.89. The smallest absolute Gasteiger partial charge is 0.418 e. The van der Waals surface area contributed by atoms with Crippen molar-refractivity contribution in [1.29, 1.82) is 0 Å². The minimum atomic E-state index is -4.70. The number of alkyl halides is 3. The number of anilines is 1. The monoisotopic (exact) mass is 378 g/mol. The minimum absolute atomic E-state index is 0.0654. The quantitative estimate of drug-likeness (QED) is 0.788. The second-order valence-corrected chi connectivity index (χ2v) is 6.34. The Morgan fingerprint density at radius 3 is 2.62 bits per heavy atom. The van der Waals surface area contributed by atoms with Gasteiger partial charge in [0.25, 0.3) is 0 Å². The van der Waals surface area contributed by atoms with Gasteiger partial charge in [0.15, 0.2) is 10.6 Å². The number of nitrogens with zero attached hydrogens (tertiary/aromatic N) is 1. The summed E-state index contributed by atoms with van der Waals surface area (Å²) in [6.07, 6.45) is -3.39. The van der Waals surface area contributed by atoms with Crippen LogP contribution in [0.5, 0.6) is 0 Å². The van der Waals surface area contributed by atoms with E-state index in [0.29, 0.717) is 11.6 Å². The number of carboxylic acid groups (broad SMARTS) is 1. The molecule has 0 aliphatic rings. The molecule has 10 heteroatoms. The highest BCUT2D eigenvalue weighted by Crippen LogP contribution is 2.36. The van der Waals surface area contributed by atoms with Gasteiger partial charge in [-0.1, -0.05) is 11.6 Å². The van der Waals surface area contributed by atoms with Gasteiger partial charge in [0, 0.05) is 12.3 Å². The van der Waals surface area contributed by atoms with E-state index in [4.69, 9.17) is 16.7 Å². The summed E-state index contributed by atoms with van der Waals surface area (Å²) in [6, 6.07) is 4.17. The average molecular weight is 379 g/mol. The van der Waals surface area contributed by atoms with E-state index in [1.807, 2.05) is 0 Å². The lowest BCUT2D eigenvalue weighted by atomic mass is 10.2. The van der Waals surface area contributed by atoms with E-state index < -0.39 is 34.1 Å². The number of halogens is 4. The number of benzene rings is 1. The number of carboxylic acids is 1. The Morgan fingerprint density at radius 2 is 2.04 bits per heavy atom. The number of aromatic carboxylic acids is 1. The molecule has 1 atom stereocenters. The normalized spacial score (nSPS) is 12.8. The van der Waals surface area contributed by atoms with Crippen molar-refractivity contribution < 1.29 is 27.6 Å². The SMILES string of the molecule is Cc1cnc(C(=O)O)c(N[S+]([O-])c2ccc(Cl)c(C(F)(F)F)c2)c1. The van der Waals surface area contributed by atoms with Crippen LogP contribution < -0.4 is 4.72 Å². The van der Waals surface area contributed by atoms with Crippen LogP contribution in [-0.2, 0) is 17.5 Å². The Morgan fingerprint density at radius 1 is 1.38 bits per heavy atom. The van der Waals surface area contributed by atoms with Crippen LogP contribution in [0.3, 0.4) is 0 Å². The molecule has 0 fully saturated rings. The highest BCUT2D eigenvalue weighted by molar-refractivity contribution is 7.92.